The van der Waals surface area contributed by atoms with Crippen molar-refractivity contribution in [2.24, 2.45) is 17.1 Å². The summed E-state index contributed by atoms with van der Waals surface area (Å²) < 4.78 is 19.3. The Hall–Kier alpha value is -3.55. The van der Waals surface area contributed by atoms with Gasteiger partial charge in [0.15, 0.2) is 12.2 Å². The molecule has 2 aromatic rings. The number of hydrogen-bond acceptors (Lipinski definition) is 7. The lowest BCUT2D eigenvalue weighted by Crippen LogP contribution is -2.63. The van der Waals surface area contributed by atoms with E-state index in [-0.39, 0.29) is 5.92 Å². The van der Waals surface area contributed by atoms with Crippen LogP contribution in [0.4, 0.5) is 0 Å². The highest BCUT2D eigenvalue weighted by Gasteiger charge is 2.69. The first-order valence-electron chi connectivity index (χ1n) is 14.2. The van der Waals surface area contributed by atoms with Crippen LogP contribution in [0.15, 0.2) is 84.0 Å². The van der Waals surface area contributed by atoms with Gasteiger partial charge in [-0.2, -0.15) is 0 Å². The van der Waals surface area contributed by atoms with Crippen LogP contribution in [-0.2, 0) is 19.0 Å². The molecule has 3 aliphatic carbocycles. The van der Waals surface area contributed by atoms with Crippen LogP contribution in [-0.4, -0.2) is 47.2 Å². The van der Waals surface area contributed by atoms with Gasteiger partial charge in [0.2, 0.25) is 0 Å². The van der Waals surface area contributed by atoms with Gasteiger partial charge in [-0.3, -0.25) is 4.79 Å². The summed E-state index contributed by atoms with van der Waals surface area (Å²) in [7, 11) is 0. The molecule has 2 heterocycles. The minimum absolute atomic E-state index is 0.0971. The molecule has 2 bridgehead atoms. The van der Waals surface area contributed by atoms with E-state index in [4.69, 9.17) is 19.9 Å². The number of esters is 2. The number of ketones is 1. The molecule has 7 nitrogen and oxygen atoms in total. The summed E-state index contributed by atoms with van der Waals surface area (Å²) in [6.07, 6.45) is 6.37. The fraction of sp³-hybridized carbons (Fsp3) is 0.424. The fourth-order valence-electron chi connectivity index (χ4n) is 8.05. The van der Waals surface area contributed by atoms with E-state index in [1.807, 2.05) is 12.1 Å². The van der Waals surface area contributed by atoms with Crippen LogP contribution in [0, 0.1) is 11.3 Å². The Balaban J connectivity index is 1.30. The van der Waals surface area contributed by atoms with Gasteiger partial charge in [-0.1, -0.05) is 55.5 Å². The summed E-state index contributed by atoms with van der Waals surface area (Å²) in [5, 5.41) is 0. The van der Waals surface area contributed by atoms with Crippen LogP contribution in [0.5, 0.6) is 0 Å². The lowest BCUT2D eigenvalue weighted by molar-refractivity contribution is -0.160. The normalized spacial score (nSPS) is 37.4. The number of benzene rings is 2. The smallest absolute Gasteiger partial charge is 0.338 e. The zero-order valence-electron chi connectivity index (χ0n) is 22.5. The van der Waals surface area contributed by atoms with E-state index in [0.29, 0.717) is 42.6 Å². The molecule has 7 atom stereocenters. The van der Waals surface area contributed by atoms with Crippen molar-refractivity contribution in [1.29, 1.82) is 0 Å². The van der Waals surface area contributed by atoms with Gasteiger partial charge in [0, 0.05) is 29.4 Å². The Morgan fingerprint density at radius 3 is 2.27 bits per heavy atom. The fourth-order valence-corrected chi connectivity index (χ4v) is 8.05. The van der Waals surface area contributed by atoms with Crippen LogP contribution >= 0.6 is 0 Å². The molecule has 0 radical (unpaired) electrons. The first-order valence-corrected chi connectivity index (χ1v) is 14.2. The number of carbonyl (C=O) groups is 3. The van der Waals surface area contributed by atoms with Crippen molar-refractivity contribution >= 4 is 17.7 Å². The largest absolute Gasteiger partial charge is 0.453 e. The molecule has 2 saturated carbocycles. The molecular formula is C33H33NO6. The van der Waals surface area contributed by atoms with Gasteiger partial charge in [0.05, 0.1) is 22.3 Å². The van der Waals surface area contributed by atoms with Crippen LogP contribution in [0.2, 0.25) is 0 Å². The lowest BCUT2D eigenvalue weighted by Gasteiger charge is -2.54. The molecule has 40 heavy (non-hydrogen) atoms. The van der Waals surface area contributed by atoms with Crippen LogP contribution < -0.4 is 5.73 Å². The Labute approximate surface area is 233 Å². The summed E-state index contributed by atoms with van der Waals surface area (Å²) in [5.41, 5.74) is 7.67. The maximum absolute atomic E-state index is 13.4. The van der Waals surface area contributed by atoms with E-state index < -0.39 is 46.8 Å². The second kappa shape index (κ2) is 8.98. The average Bonchev–Trinajstić information content (AvgIpc) is 3.45. The summed E-state index contributed by atoms with van der Waals surface area (Å²) in [6, 6.07) is 16.9. The number of Topliss-reactive ketones (excluding diaryl/α,β-unsaturated/α-hetero) is 1. The Kier molecular flexibility index (Phi) is 5.71. The molecule has 3 fully saturated rings. The zero-order chi connectivity index (χ0) is 27.7. The molecule has 2 N–H and O–H groups in total. The monoisotopic (exact) mass is 539 g/mol. The highest BCUT2D eigenvalue weighted by molar-refractivity contribution is 5.91. The minimum atomic E-state index is -0.917. The average molecular weight is 540 g/mol. The van der Waals surface area contributed by atoms with E-state index in [9.17, 15) is 14.4 Å². The van der Waals surface area contributed by atoms with Gasteiger partial charge in [-0.25, -0.2) is 9.59 Å². The third-order valence-electron chi connectivity index (χ3n) is 10.1. The van der Waals surface area contributed by atoms with Crippen molar-refractivity contribution in [2.45, 2.75) is 74.9 Å². The van der Waals surface area contributed by atoms with Crippen LogP contribution in [0.3, 0.4) is 0 Å². The van der Waals surface area contributed by atoms with Crippen molar-refractivity contribution in [1.82, 2.24) is 0 Å². The number of rotatable bonds is 4. The molecule has 206 valence electrons. The summed E-state index contributed by atoms with van der Waals surface area (Å²) in [4.78, 5) is 39.5. The first kappa shape index (κ1) is 25.4. The van der Waals surface area contributed by atoms with Crippen molar-refractivity contribution < 1.29 is 28.6 Å². The Morgan fingerprint density at radius 2 is 1.60 bits per heavy atom. The third kappa shape index (κ3) is 3.60. The minimum Gasteiger partial charge on any atom is -0.453 e. The van der Waals surface area contributed by atoms with E-state index in [2.05, 4.69) is 19.1 Å². The molecule has 2 spiro atoms. The van der Waals surface area contributed by atoms with Crippen molar-refractivity contribution in [3.8, 4) is 0 Å². The quantitative estimate of drug-likeness (QED) is 0.561. The highest BCUT2D eigenvalue weighted by Crippen LogP contribution is 2.65. The molecule has 1 saturated heterocycles. The molecule has 7 heteroatoms. The van der Waals surface area contributed by atoms with Crippen molar-refractivity contribution in [2.75, 3.05) is 0 Å². The van der Waals surface area contributed by atoms with Gasteiger partial charge in [-0.05, 0) is 61.9 Å². The second-order valence-electron chi connectivity index (χ2n) is 12.2. The van der Waals surface area contributed by atoms with Gasteiger partial charge < -0.3 is 19.9 Å². The number of carbonyl (C=O) groups excluding carboxylic acids is 3. The maximum atomic E-state index is 13.4. The van der Waals surface area contributed by atoms with Crippen molar-refractivity contribution in [3.63, 3.8) is 0 Å². The predicted molar refractivity (Wildman–Crippen MR) is 146 cm³/mol. The molecule has 7 rings (SSSR count). The predicted octanol–water partition coefficient (Wildman–Crippen LogP) is 4.71. The molecule has 0 unspecified atom stereocenters. The molecular weight excluding hydrogens is 506 g/mol. The second-order valence-corrected chi connectivity index (χ2v) is 12.2. The van der Waals surface area contributed by atoms with E-state index in [0.717, 1.165) is 24.0 Å². The molecule has 0 amide bonds. The summed E-state index contributed by atoms with van der Waals surface area (Å²) in [6.45, 7) is 2.08. The standard InChI is InChI=1S/C33H33NO6/c1-31-15-14-22-18-23-27(38-29(36)20-8-4-2-5-9-20)28(39-30(37)21-10-6-3-7-11-21)24(34)19-32(23)16-17-33(22,40-32)25(31)12-13-26(31)35/h2-11,14,18,24-25,27-28H,12-13,15-17,19,34H2,1H3/t24-,25+,27+,28+,31-,32+,33+/m0/s1. The molecule has 2 aliphatic heterocycles. The van der Waals surface area contributed by atoms with Gasteiger partial charge in [0.1, 0.15) is 5.78 Å². The SMILES string of the molecule is C[C@]12CC=C3C=C4[C@@H](OC(=O)c5ccccc5)[C@H](OC(=O)c5ccccc5)[C@@H](N)C[C@]45CC[C@]3(O5)[C@@H]1CCC2=O. The van der Waals surface area contributed by atoms with Gasteiger partial charge >= 0.3 is 11.9 Å². The summed E-state index contributed by atoms with van der Waals surface area (Å²) >= 11 is 0. The lowest BCUT2D eigenvalue weighted by atomic mass is 9.61. The number of fused-ring (bicyclic) bond motifs is 1. The van der Waals surface area contributed by atoms with Gasteiger partial charge in [0.25, 0.3) is 0 Å². The molecule has 5 aliphatic rings. The van der Waals surface area contributed by atoms with E-state index in [1.165, 1.54) is 0 Å². The third-order valence-corrected chi connectivity index (χ3v) is 10.1. The summed E-state index contributed by atoms with van der Waals surface area (Å²) in [5.74, 6) is -0.629. The molecule has 0 aromatic heterocycles. The maximum Gasteiger partial charge on any atom is 0.338 e. The Morgan fingerprint density at radius 1 is 0.950 bits per heavy atom. The van der Waals surface area contributed by atoms with Crippen LogP contribution in [0.25, 0.3) is 0 Å². The Bertz CT molecular complexity index is 1450. The van der Waals surface area contributed by atoms with E-state index >= 15 is 0 Å². The topological polar surface area (TPSA) is 105 Å². The van der Waals surface area contributed by atoms with Gasteiger partial charge in [-0.15, -0.1) is 0 Å². The number of allylic oxidation sites excluding steroid dienone is 1. The highest BCUT2D eigenvalue weighted by atomic mass is 16.6. The zero-order valence-corrected chi connectivity index (χ0v) is 22.5. The number of hydrogen-bond donors (Lipinski definition) is 1. The van der Waals surface area contributed by atoms with Crippen molar-refractivity contribution in [3.05, 3.63) is 95.1 Å². The number of ether oxygens (including phenoxy) is 3. The molecule has 2 aromatic carbocycles. The first-order chi connectivity index (χ1) is 19.3. The van der Waals surface area contributed by atoms with Crippen LogP contribution in [0.1, 0.15) is 66.2 Å². The number of nitrogens with two attached hydrogens (primary N) is 1. The van der Waals surface area contributed by atoms with E-state index in [1.54, 1.807) is 48.5 Å².